The number of hydrogen-bond donors (Lipinski definition) is 0. The van der Waals surface area contributed by atoms with Crippen LogP contribution in [0, 0.1) is 6.92 Å². The zero-order chi connectivity index (χ0) is 22.0. The van der Waals surface area contributed by atoms with Crippen molar-refractivity contribution < 1.29 is 17.9 Å². The molecule has 7 heteroatoms. The molecule has 0 spiro atoms. The predicted octanol–water partition coefficient (Wildman–Crippen LogP) is 4.65. The minimum absolute atomic E-state index is 0.0736. The molecule has 2 aromatic rings. The number of unbranched alkanes of at least 4 members (excludes halogenated alkanes) is 1. The van der Waals surface area contributed by atoms with Crippen LogP contribution in [0.15, 0.2) is 47.4 Å². The first-order chi connectivity index (χ1) is 14.9. The molecule has 0 aliphatic carbocycles. The van der Waals surface area contributed by atoms with Gasteiger partial charge in [0.2, 0.25) is 10.0 Å². The van der Waals surface area contributed by atoms with Gasteiger partial charge in [-0.25, -0.2) is 13.2 Å². The molecule has 2 aliphatic rings. The Morgan fingerprint density at radius 2 is 1.77 bits per heavy atom. The number of nitrogens with zero attached hydrogens (tertiary/aromatic N) is 2. The average molecular weight is 443 g/mol. The largest absolute Gasteiger partial charge is 0.444 e. The van der Waals surface area contributed by atoms with E-state index < -0.39 is 10.0 Å². The zero-order valence-electron chi connectivity index (χ0n) is 18.2. The number of para-hydroxylation sites is 1. The van der Waals surface area contributed by atoms with Gasteiger partial charge in [-0.15, -0.1) is 0 Å². The third-order valence-corrected chi connectivity index (χ3v) is 8.19. The lowest BCUT2D eigenvalue weighted by Gasteiger charge is -2.40. The second kappa shape index (κ2) is 9.01. The molecule has 1 fully saturated rings. The number of ether oxygens (including phenoxy) is 1. The highest BCUT2D eigenvalue weighted by atomic mass is 32.2. The van der Waals surface area contributed by atoms with E-state index in [1.54, 1.807) is 21.3 Å². The number of aryl methyl sites for hydroxylation is 2. The van der Waals surface area contributed by atoms with E-state index in [9.17, 15) is 13.2 Å². The summed E-state index contributed by atoms with van der Waals surface area (Å²) in [4.78, 5) is 14.7. The molecule has 6 nitrogen and oxygen atoms in total. The standard InChI is InChI=1S/C24H30N2O4S/c1-3-4-7-19-9-11-22(12-10-19)31(28,29)25-15-13-21(14-16-25)26-23-18(2)6-5-8-20(23)17-30-24(26)27/h5-6,8-12,21H,3-4,7,13-17H2,1-2H3. The van der Waals surface area contributed by atoms with Crippen molar-refractivity contribution in [2.24, 2.45) is 0 Å². The number of rotatable bonds is 6. The molecule has 0 atom stereocenters. The highest BCUT2D eigenvalue weighted by Gasteiger charge is 2.37. The number of carbonyl (C=O) groups is 1. The van der Waals surface area contributed by atoms with Gasteiger partial charge in [0.15, 0.2) is 0 Å². The highest BCUT2D eigenvalue weighted by molar-refractivity contribution is 7.89. The van der Waals surface area contributed by atoms with E-state index in [0.717, 1.165) is 41.6 Å². The van der Waals surface area contributed by atoms with E-state index in [-0.39, 0.29) is 18.7 Å². The molecule has 0 unspecified atom stereocenters. The van der Waals surface area contributed by atoms with Gasteiger partial charge >= 0.3 is 6.09 Å². The lowest BCUT2D eigenvalue weighted by atomic mass is 10.00. The molecule has 166 valence electrons. The quantitative estimate of drug-likeness (QED) is 0.653. The van der Waals surface area contributed by atoms with Crippen LogP contribution in [0.1, 0.15) is 49.3 Å². The van der Waals surface area contributed by atoms with Crippen molar-refractivity contribution in [1.82, 2.24) is 4.31 Å². The Hall–Kier alpha value is -2.38. The molecule has 1 saturated heterocycles. The summed E-state index contributed by atoms with van der Waals surface area (Å²) in [6.45, 7) is 5.19. The predicted molar refractivity (Wildman–Crippen MR) is 121 cm³/mol. The zero-order valence-corrected chi connectivity index (χ0v) is 19.0. The summed E-state index contributed by atoms with van der Waals surface area (Å²) >= 11 is 0. The van der Waals surface area contributed by atoms with Crippen molar-refractivity contribution in [3.63, 3.8) is 0 Å². The Kier molecular flexibility index (Phi) is 6.34. The summed E-state index contributed by atoms with van der Waals surface area (Å²) in [5, 5.41) is 0. The molecule has 0 saturated carbocycles. The van der Waals surface area contributed by atoms with Crippen LogP contribution in [0.2, 0.25) is 0 Å². The third kappa shape index (κ3) is 4.34. The first-order valence-electron chi connectivity index (χ1n) is 11.1. The van der Waals surface area contributed by atoms with Crippen molar-refractivity contribution in [3.8, 4) is 0 Å². The maximum atomic E-state index is 13.1. The van der Waals surface area contributed by atoms with E-state index in [2.05, 4.69) is 6.92 Å². The molecular formula is C24H30N2O4S. The summed E-state index contributed by atoms with van der Waals surface area (Å²) in [6, 6.07) is 13.1. The molecule has 0 bridgehead atoms. The number of fused-ring (bicyclic) bond motifs is 1. The number of benzene rings is 2. The molecule has 0 aromatic heterocycles. The number of carbonyl (C=O) groups excluding carboxylic acids is 1. The van der Waals surface area contributed by atoms with Crippen LogP contribution in [-0.4, -0.2) is 37.9 Å². The third-order valence-electron chi connectivity index (χ3n) is 6.28. The summed E-state index contributed by atoms with van der Waals surface area (Å²) < 4.78 is 33.2. The molecule has 0 radical (unpaired) electrons. The van der Waals surface area contributed by atoms with Gasteiger partial charge in [-0.3, -0.25) is 4.90 Å². The van der Waals surface area contributed by atoms with E-state index in [0.29, 0.717) is 30.8 Å². The van der Waals surface area contributed by atoms with Gasteiger partial charge in [0.05, 0.1) is 10.6 Å². The SMILES string of the molecule is CCCCc1ccc(S(=O)(=O)N2CCC(N3C(=O)OCc4cccc(C)c43)CC2)cc1. The van der Waals surface area contributed by atoms with Gasteiger partial charge in [0.25, 0.3) is 0 Å². The first-order valence-corrected chi connectivity index (χ1v) is 12.5. The van der Waals surface area contributed by atoms with E-state index >= 15 is 0 Å². The van der Waals surface area contributed by atoms with Gasteiger partial charge in [-0.1, -0.05) is 43.7 Å². The van der Waals surface area contributed by atoms with Crippen molar-refractivity contribution in [2.45, 2.75) is 63.5 Å². The number of hydrogen-bond acceptors (Lipinski definition) is 4. The summed E-state index contributed by atoms with van der Waals surface area (Å²) in [5.74, 6) is 0. The number of sulfonamides is 1. The second-order valence-corrected chi connectivity index (χ2v) is 10.3. The van der Waals surface area contributed by atoms with Crippen LogP contribution in [0.4, 0.5) is 10.5 Å². The van der Waals surface area contributed by atoms with E-state index in [1.807, 2.05) is 37.3 Å². The van der Waals surface area contributed by atoms with Crippen LogP contribution < -0.4 is 4.90 Å². The molecule has 0 N–H and O–H groups in total. The number of anilines is 1. The topological polar surface area (TPSA) is 66.9 Å². The molecule has 4 rings (SSSR count). The normalized spacial score (nSPS) is 18.0. The Morgan fingerprint density at radius 3 is 2.45 bits per heavy atom. The Balaban J connectivity index is 1.47. The average Bonchev–Trinajstić information content (AvgIpc) is 2.78. The van der Waals surface area contributed by atoms with Crippen molar-refractivity contribution >= 4 is 21.8 Å². The number of cyclic esters (lactones) is 1. The number of piperidine rings is 1. The summed E-state index contributed by atoms with van der Waals surface area (Å²) in [6.07, 6.45) is 4.00. The van der Waals surface area contributed by atoms with E-state index in [4.69, 9.17) is 4.74 Å². The second-order valence-electron chi connectivity index (χ2n) is 8.39. The van der Waals surface area contributed by atoms with Crippen LogP contribution in [0.5, 0.6) is 0 Å². The maximum Gasteiger partial charge on any atom is 0.414 e. The Labute approximate surface area is 184 Å². The van der Waals surface area contributed by atoms with Gasteiger partial charge in [-0.05, 0) is 55.9 Å². The van der Waals surface area contributed by atoms with Crippen LogP contribution in [0.3, 0.4) is 0 Å². The number of amides is 1. The van der Waals surface area contributed by atoms with Crippen LogP contribution >= 0.6 is 0 Å². The lowest BCUT2D eigenvalue weighted by Crippen LogP contribution is -2.50. The van der Waals surface area contributed by atoms with Crippen molar-refractivity contribution in [2.75, 3.05) is 18.0 Å². The molecule has 1 amide bonds. The molecular weight excluding hydrogens is 412 g/mol. The summed E-state index contributed by atoms with van der Waals surface area (Å²) in [5.41, 5.74) is 4.12. The molecule has 2 aromatic carbocycles. The highest BCUT2D eigenvalue weighted by Crippen LogP contribution is 2.35. The monoisotopic (exact) mass is 442 g/mol. The van der Waals surface area contributed by atoms with Gasteiger partial charge in [-0.2, -0.15) is 4.31 Å². The van der Waals surface area contributed by atoms with Crippen molar-refractivity contribution in [3.05, 3.63) is 59.2 Å². The van der Waals surface area contributed by atoms with Crippen molar-refractivity contribution in [1.29, 1.82) is 0 Å². The van der Waals surface area contributed by atoms with Gasteiger partial charge in [0, 0.05) is 24.7 Å². The maximum absolute atomic E-state index is 13.1. The fourth-order valence-electron chi connectivity index (χ4n) is 4.51. The Bertz CT molecular complexity index is 1040. The lowest BCUT2D eigenvalue weighted by molar-refractivity contribution is 0.135. The smallest absolute Gasteiger partial charge is 0.414 e. The fraction of sp³-hybridized carbons (Fsp3) is 0.458. The van der Waals surface area contributed by atoms with Gasteiger partial charge in [0.1, 0.15) is 6.61 Å². The van der Waals surface area contributed by atoms with Gasteiger partial charge < -0.3 is 4.74 Å². The minimum atomic E-state index is -3.54. The summed E-state index contributed by atoms with van der Waals surface area (Å²) in [7, 11) is -3.54. The van der Waals surface area contributed by atoms with Crippen LogP contribution in [-0.2, 0) is 27.8 Å². The minimum Gasteiger partial charge on any atom is -0.444 e. The molecule has 2 heterocycles. The van der Waals surface area contributed by atoms with Crippen LogP contribution in [0.25, 0.3) is 0 Å². The van der Waals surface area contributed by atoms with E-state index in [1.165, 1.54) is 0 Å². The Morgan fingerprint density at radius 1 is 1.06 bits per heavy atom. The first kappa shape index (κ1) is 21.8. The molecule has 31 heavy (non-hydrogen) atoms. The molecule has 2 aliphatic heterocycles. The fourth-order valence-corrected chi connectivity index (χ4v) is 5.98.